The molecular formula is H2CdSSeZn. The molecule has 0 rings (SSSR count). The van der Waals surface area contributed by atoms with Crippen molar-refractivity contribution < 1.29 is 43.2 Å². The third kappa shape index (κ3) is 8.86. The summed E-state index contributed by atoms with van der Waals surface area (Å²) in [6.45, 7) is 0. The first-order chi connectivity index (χ1) is 1.00. The standard InChI is InChI=1S/Cd.S.H2Se.Zn/h;;1H2;. The Morgan fingerprint density at radius 3 is 1.25 bits per heavy atom. The van der Waals surface area contributed by atoms with Crippen molar-refractivity contribution in [3.63, 3.8) is 0 Å². The van der Waals surface area contributed by atoms with Gasteiger partial charge in [0.15, 0.2) is 0 Å². The maximum absolute atomic E-state index is 4.25. The van der Waals surface area contributed by atoms with E-state index in [1.54, 1.807) is 0 Å². The molecule has 0 aromatic carbocycles. The average molecular weight is 291 g/mol. The fourth-order valence-electron chi connectivity index (χ4n) is 0. The van der Waals surface area contributed by atoms with Gasteiger partial charge in [0.2, 0.25) is 0 Å². The van der Waals surface area contributed by atoms with Gasteiger partial charge in [-0.15, -0.1) is 0 Å². The summed E-state index contributed by atoms with van der Waals surface area (Å²) in [7, 11) is 4.25. The van der Waals surface area contributed by atoms with E-state index in [9.17, 15) is 0 Å². The molecule has 0 unspecified atom stereocenters. The molecule has 0 aliphatic heterocycles. The summed E-state index contributed by atoms with van der Waals surface area (Å²) in [5.74, 6) is 0. The minimum absolute atomic E-state index is 0. The summed E-state index contributed by atoms with van der Waals surface area (Å²) in [6, 6.07) is 0. The maximum Gasteiger partial charge on any atom is 0 e. The van der Waals surface area contributed by atoms with Gasteiger partial charge in [-0.3, -0.25) is 0 Å². The van der Waals surface area contributed by atoms with Crippen LogP contribution in [0, 0.1) is 0 Å². The largest absolute Gasteiger partial charge is 0 e. The smallest absolute Gasteiger partial charge is 0 e. The minimum Gasteiger partial charge on any atom is 0 e. The van der Waals surface area contributed by atoms with Crippen LogP contribution < -0.4 is 0 Å². The van der Waals surface area contributed by atoms with Gasteiger partial charge < -0.3 is 0 Å². The van der Waals surface area contributed by atoms with Crippen LogP contribution in [0.5, 0.6) is 0 Å². The number of hydrogen-bond donors (Lipinski definition) is 0. The molecule has 0 N–H and O–H groups in total. The van der Waals surface area contributed by atoms with Crippen molar-refractivity contribution in [1.29, 1.82) is 0 Å². The first-order valence-corrected chi connectivity index (χ1v) is 5.81. The Balaban J connectivity index is -0.00000000500. The Bertz CT molecular complexity index is 8.00. The van der Waals surface area contributed by atoms with Crippen molar-refractivity contribution in [3.05, 3.63) is 0 Å². The predicted molar refractivity (Wildman–Crippen MR) is 16.1 cm³/mol. The molecule has 0 saturated heterocycles. The zero-order valence-corrected chi connectivity index (χ0v) is 12.2. The van der Waals surface area contributed by atoms with Crippen molar-refractivity contribution in [3.8, 4) is 0 Å². The van der Waals surface area contributed by atoms with Crippen LogP contribution in [0.4, 0.5) is 0 Å². The molecule has 0 aliphatic rings. The van der Waals surface area contributed by atoms with E-state index in [-0.39, 0.29) is 36.5 Å². The third-order valence-electron chi connectivity index (χ3n) is 0. The van der Waals surface area contributed by atoms with Crippen LogP contribution in [0.3, 0.4) is 0 Å². The Morgan fingerprint density at radius 2 is 1.25 bits per heavy atom. The summed E-state index contributed by atoms with van der Waals surface area (Å²) in [5.41, 5.74) is 0. The van der Waals surface area contributed by atoms with Crippen LogP contribution in [-0.2, 0) is 43.2 Å². The van der Waals surface area contributed by atoms with E-state index >= 15 is 0 Å². The first-order valence-electron chi connectivity index (χ1n) is 0.289. The van der Waals surface area contributed by atoms with Crippen molar-refractivity contribution in [2.24, 2.45) is 0 Å². The van der Waals surface area contributed by atoms with Crippen LogP contribution in [-0.4, -0.2) is 17.1 Å². The molecule has 0 nitrogen and oxygen atoms in total. The van der Waals surface area contributed by atoms with Gasteiger partial charge in [0.25, 0.3) is 0 Å². The van der Waals surface area contributed by atoms with E-state index in [1.807, 2.05) is 0 Å². The van der Waals surface area contributed by atoms with Crippen LogP contribution in [0.2, 0.25) is 0 Å². The maximum atomic E-state index is 4.25. The van der Waals surface area contributed by atoms with Gasteiger partial charge in [0.1, 0.15) is 0 Å². The van der Waals surface area contributed by atoms with E-state index < -0.39 is 0 Å². The molecule has 0 amide bonds. The summed E-state index contributed by atoms with van der Waals surface area (Å²) < 4.78 is 0. The Kier molecular flexibility index (Phi) is 75.6. The molecule has 18 valence electrons. The second kappa shape index (κ2) is 18.6. The van der Waals surface area contributed by atoms with E-state index in [0.29, 0.717) is 0 Å². The number of hydrogen-bond acceptors (Lipinski definition) is 1. The molecule has 0 aliphatic carbocycles. The summed E-state index contributed by atoms with van der Waals surface area (Å²) in [6.07, 6.45) is 0. The van der Waals surface area contributed by atoms with Gasteiger partial charge in [-0.2, -0.15) is 0 Å². The van der Waals surface area contributed by atoms with E-state index in [2.05, 4.69) is 8.65 Å². The van der Waals surface area contributed by atoms with E-state index in [4.69, 9.17) is 0 Å². The Labute approximate surface area is 67.9 Å². The number of rotatable bonds is 0. The predicted octanol–water partition coefficient (Wildman–Crippen LogP) is -0.273. The normalized spacial score (nSPS) is 1.50. The van der Waals surface area contributed by atoms with Crippen LogP contribution in [0.1, 0.15) is 0 Å². The average Bonchev–Trinajstić information content (AvgIpc) is 1.00. The van der Waals surface area contributed by atoms with Gasteiger partial charge in [-0.05, 0) is 0 Å². The Hall–Kier alpha value is 2.28. The summed E-state index contributed by atoms with van der Waals surface area (Å²) in [5, 5.41) is 0. The third-order valence-corrected chi connectivity index (χ3v) is 0. The minimum atomic E-state index is 0. The van der Waals surface area contributed by atoms with Crippen LogP contribution in [0.25, 0.3) is 0 Å². The van der Waals surface area contributed by atoms with Gasteiger partial charge in [0, 0.05) is 19.5 Å². The van der Waals surface area contributed by atoms with Gasteiger partial charge in [-0.1, -0.05) is 0 Å². The molecule has 4 heteroatoms. The van der Waals surface area contributed by atoms with Crippen molar-refractivity contribution >= 4 is 25.7 Å². The molecule has 0 fully saturated rings. The zero-order valence-electron chi connectivity index (χ0n) is 2.32. The van der Waals surface area contributed by atoms with Gasteiger partial charge >= 0.3 is 49.4 Å². The van der Waals surface area contributed by atoms with E-state index in [1.165, 1.54) is 0 Å². The monoisotopic (exact) mass is 292 g/mol. The SMILES string of the molecule is [S]=[Cd].[SeH2].[Zn]. The van der Waals surface area contributed by atoms with Gasteiger partial charge in [-0.25, -0.2) is 0 Å². The van der Waals surface area contributed by atoms with Crippen LogP contribution in [0.15, 0.2) is 0 Å². The molecule has 0 atom stereocenters. The molecule has 0 radical (unpaired) electrons. The molecule has 0 spiro atoms. The fraction of sp³-hybridized carbons (Fsp3) is 0. The summed E-state index contributed by atoms with van der Waals surface area (Å²) >= 11 is 0.733. The zero-order chi connectivity index (χ0) is 2.00. The second-order valence-electron chi connectivity index (χ2n) is 0. The fourth-order valence-corrected chi connectivity index (χ4v) is 0. The van der Waals surface area contributed by atoms with Crippen molar-refractivity contribution in [2.75, 3.05) is 0 Å². The van der Waals surface area contributed by atoms with Crippen LogP contribution >= 0.6 is 8.65 Å². The molecule has 0 aromatic rings. The van der Waals surface area contributed by atoms with Crippen molar-refractivity contribution in [2.45, 2.75) is 0 Å². The molecule has 0 heterocycles. The molecule has 0 saturated carbocycles. The molecule has 0 bridgehead atoms. The van der Waals surface area contributed by atoms with E-state index in [0.717, 1.165) is 23.7 Å². The first kappa shape index (κ1) is 16.3. The second-order valence-corrected chi connectivity index (χ2v) is 0. The molecule has 4 heavy (non-hydrogen) atoms. The molecule has 0 aromatic heterocycles. The van der Waals surface area contributed by atoms with Gasteiger partial charge in [0.05, 0.1) is 0 Å². The summed E-state index contributed by atoms with van der Waals surface area (Å²) in [4.78, 5) is 0. The Morgan fingerprint density at radius 1 is 1.25 bits per heavy atom. The topological polar surface area (TPSA) is 0 Å². The quantitative estimate of drug-likeness (QED) is 0.554. The molecular weight excluding hydrogens is 289 g/mol. The van der Waals surface area contributed by atoms with Crippen molar-refractivity contribution in [1.82, 2.24) is 0 Å².